The van der Waals surface area contributed by atoms with Crippen molar-refractivity contribution in [1.82, 2.24) is 10.2 Å². The van der Waals surface area contributed by atoms with E-state index in [1.54, 1.807) is 0 Å². The molecule has 0 spiro atoms. The molecule has 0 heterocycles. The monoisotopic (exact) mass is 271 g/mol. The molecule has 0 saturated carbocycles. The molecule has 114 valence electrons. The molecular weight excluding hydrogens is 238 g/mol. The second kappa shape index (κ2) is 7.85. The van der Waals surface area contributed by atoms with Crippen LogP contribution in [0.3, 0.4) is 0 Å². The largest absolute Gasteiger partial charge is 0.350 e. The van der Waals surface area contributed by atoms with Crippen molar-refractivity contribution in [3.63, 3.8) is 0 Å². The third kappa shape index (κ3) is 5.11. The van der Waals surface area contributed by atoms with E-state index in [2.05, 4.69) is 51.8 Å². The molecule has 0 fully saturated rings. The maximum Gasteiger partial charge on any atom is 0.234 e. The summed E-state index contributed by atoms with van der Waals surface area (Å²) in [5, 5.41) is 3.09. The Labute approximate surface area is 119 Å². The maximum absolute atomic E-state index is 12.2. The highest BCUT2D eigenvalue weighted by Crippen LogP contribution is 2.22. The molecule has 0 aliphatic heterocycles. The molecule has 1 amide bonds. The lowest BCUT2D eigenvalue weighted by atomic mass is 9.90. The van der Waals surface area contributed by atoms with Gasteiger partial charge in [0.1, 0.15) is 0 Å². The molecular formula is C15H33N3O. The van der Waals surface area contributed by atoms with Gasteiger partial charge < -0.3 is 11.1 Å². The van der Waals surface area contributed by atoms with Crippen molar-refractivity contribution in [2.75, 3.05) is 19.6 Å². The lowest BCUT2D eigenvalue weighted by molar-refractivity contribution is -0.125. The van der Waals surface area contributed by atoms with Gasteiger partial charge in [0.05, 0.1) is 6.54 Å². The Balaban J connectivity index is 4.77. The smallest absolute Gasteiger partial charge is 0.234 e. The Hall–Kier alpha value is -0.610. The van der Waals surface area contributed by atoms with Gasteiger partial charge in [-0.1, -0.05) is 27.7 Å². The first-order valence-electron chi connectivity index (χ1n) is 7.56. The van der Waals surface area contributed by atoms with Gasteiger partial charge in [0.25, 0.3) is 0 Å². The normalized spacial score (nSPS) is 12.8. The minimum atomic E-state index is -0.139. The molecule has 4 nitrogen and oxygen atoms in total. The molecule has 0 radical (unpaired) electrons. The van der Waals surface area contributed by atoms with Crippen LogP contribution in [0, 0.1) is 0 Å². The number of carbonyl (C=O) groups excluding carboxylic acids is 1. The van der Waals surface area contributed by atoms with Crippen LogP contribution in [0.1, 0.15) is 60.8 Å². The first kappa shape index (κ1) is 18.4. The van der Waals surface area contributed by atoms with E-state index in [4.69, 9.17) is 5.73 Å². The summed E-state index contributed by atoms with van der Waals surface area (Å²) in [4.78, 5) is 14.4. The van der Waals surface area contributed by atoms with Crippen LogP contribution in [-0.2, 0) is 4.79 Å². The van der Waals surface area contributed by atoms with Gasteiger partial charge in [-0.25, -0.2) is 0 Å². The van der Waals surface area contributed by atoms with Crippen molar-refractivity contribution in [2.24, 2.45) is 5.73 Å². The predicted octanol–water partition coefficient (Wildman–Crippen LogP) is 2.13. The van der Waals surface area contributed by atoms with Gasteiger partial charge in [-0.15, -0.1) is 0 Å². The summed E-state index contributed by atoms with van der Waals surface area (Å²) in [7, 11) is 0. The number of nitrogens with two attached hydrogens (primary N) is 1. The summed E-state index contributed by atoms with van der Waals surface area (Å²) in [6.45, 7) is 14.4. The van der Waals surface area contributed by atoms with E-state index in [1.807, 2.05) is 0 Å². The molecule has 0 rings (SSSR count). The van der Waals surface area contributed by atoms with Crippen LogP contribution in [0.15, 0.2) is 0 Å². The fourth-order valence-electron chi connectivity index (χ4n) is 2.41. The van der Waals surface area contributed by atoms with E-state index < -0.39 is 0 Å². The number of nitrogens with zero attached hydrogens (tertiary/aromatic N) is 1. The van der Waals surface area contributed by atoms with Crippen LogP contribution in [0.5, 0.6) is 0 Å². The maximum atomic E-state index is 12.2. The average molecular weight is 271 g/mol. The number of carbonyl (C=O) groups is 1. The van der Waals surface area contributed by atoms with E-state index in [0.29, 0.717) is 13.1 Å². The summed E-state index contributed by atoms with van der Waals surface area (Å²) >= 11 is 0. The number of likely N-dealkylation sites (N-methyl/N-ethyl adjacent to an activating group) is 1. The molecule has 0 aliphatic carbocycles. The summed E-state index contributed by atoms with van der Waals surface area (Å²) < 4.78 is 0. The Kier molecular flexibility index (Phi) is 7.60. The molecule has 0 atom stereocenters. The van der Waals surface area contributed by atoms with E-state index in [9.17, 15) is 4.79 Å². The fraction of sp³-hybridized carbons (Fsp3) is 0.933. The fourth-order valence-corrected chi connectivity index (χ4v) is 2.41. The first-order valence-corrected chi connectivity index (χ1v) is 7.56. The SMILES string of the molecule is CCN(CC(=O)NC(C)(C)CC)C(CC)(CC)CN. The van der Waals surface area contributed by atoms with Crippen molar-refractivity contribution in [3.8, 4) is 0 Å². The zero-order valence-corrected chi connectivity index (χ0v) is 13.7. The van der Waals surface area contributed by atoms with Gasteiger partial charge in [-0.3, -0.25) is 9.69 Å². The van der Waals surface area contributed by atoms with Crippen molar-refractivity contribution < 1.29 is 4.79 Å². The van der Waals surface area contributed by atoms with Crippen LogP contribution in [0.2, 0.25) is 0 Å². The van der Waals surface area contributed by atoms with Crippen LogP contribution in [0.25, 0.3) is 0 Å². The summed E-state index contributed by atoms with van der Waals surface area (Å²) in [5.74, 6) is 0.0911. The summed E-state index contributed by atoms with van der Waals surface area (Å²) in [5.41, 5.74) is 5.77. The van der Waals surface area contributed by atoms with Crippen molar-refractivity contribution >= 4 is 5.91 Å². The molecule has 0 aliphatic rings. The van der Waals surface area contributed by atoms with Crippen LogP contribution >= 0.6 is 0 Å². The van der Waals surface area contributed by atoms with Gasteiger partial charge in [-0.05, 0) is 39.7 Å². The lowest BCUT2D eigenvalue weighted by Crippen LogP contribution is -2.57. The first-order chi connectivity index (χ1) is 8.80. The topological polar surface area (TPSA) is 58.4 Å². The summed E-state index contributed by atoms with van der Waals surface area (Å²) in [6.07, 6.45) is 2.87. The zero-order valence-electron chi connectivity index (χ0n) is 13.7. The molecule has 0 bridgehead atoms. The van der Waals surface area contributed by atoms with Crippen molar-refractivity contribution in [3.05, 3.63) is 0 Å². The van der Waals surface area contributed by atoms with E-state index in [1.165, 1.54) is 0 Å². The highest BCUT2D eigenvalue weighted by Gasteiger charge is 2.32. The third-order valence-corrected chi connectivity index (χ3v) is 4.44. The van der Waals surface area contributed by atoms with E-state index in [-0.39, 0.29) is 17.0 Å². The molecule has 19 heavy (non-hydrogen) atoms. The number of amides is 1. The van der Waals surface area contributed by atoms with E-state index in [0.717, 1.165) is 25.8 Å². The van der Waals surface area contributed by atoms with Crippen LogP contribution in [0.4, 0.5) is 0 Å². The number of rotatable bonds is 9. The molecule has 0 aromatic heterocycles. The predicted molar refractivity (Wildman–Crippen MR) is 82.1 cm³/mol. The highest BCUT2D eigenvalue weighted by atomic mass is 16.2. The third-order valence-electron chi connectivity index (χ3n) is 4.44. The lowest BCUT2D eigenvalue weighted by Gasteiger charge is -2.42. The van der Waals surface area contributed by atoms with Gasteiger partial charge in [0.15, 0.2) is 0 Å². The Morgan fingerprint density at radius 3 is 1.95 bits per heavy atom. The quantitative estimate of drug-likeness (QED) is 0.675. The second-order valence-electron chi connectivity index (χ2n) is 5.94. The number of hydrogen-bond donors (Lipinski definition) is 2. The van der Waals surface area contributed by atoms with Crippen molar-refractivity contribution in [2.45, 2.75) is 71.9 Å². The highest BCUT2D eigenvalue weighted by molar-refractivity contribution is 5.78. The average Bonchev–Trinajstić information content (AvgIpc) is 2.39. The standard InChI is InChI=1S/C15H33N3O/c1-7-14(5,6)17-13(19)11-18(10-4)15(8-2,9-3)12-16/h7-12,16H2,1-6H3,(H,17,19). The zero-order chi connectivity index (χ0) is 15.1. The number of hydrogen-bond acceptors (Lipinski definition) is 3. The molecule has 4 heteroatoms. The molecule has 0 aromatic carbocycles. The van der Waals surface area contributed by atoms with Crippen molar-refractivity contribution in [1.29, 1.82) is 0 Å². The molecule has 0 unspecified atom stereocenters. The van der Waals surface area contributed by atoms with Crippen LogP contribution < -0.4 is 11.1 Å². The molecule has 0 aromatic rings. The molecule has 0 saturated heterocycles. The van der Waals surface area contributed by atoms with Gasteiger partial charge in [0.2, 0.25) is 5.91 Å². The Morgan fingerprint density at radius 2 is 1.63 bits per heavy atom. The molecule has 3 N–H and O–H groups in total. The Morgan fingerprint density at radius 1 is 1.11 bits per heavy atom. The minimum Gasteiger partial charge on any atom is -0.350 e. The van der Waals surface area contributed by atoms with Gasteiger partial charge in [-0.2, -0.15) is 0 Å². The number of nitrogens with one attached hydrogen (secondary N) is 1. The minimum absolute atomic E-state index is 0.0531. The van der Waals surface area contributed by atoms with Gasteiger partial charge in [0, 0.05) is 17.6 Å². The van der Waals surface area contributed by atoms with E-state index >= 15 is 0 Å². The second-order valence-corrected chi connectivity index (χ2v) is 5.94. The van der Waals surface area contributed by atoms with Crippen LogP contribution in [-0.4, -0.2) is 41.5 Å². The van der Waals surface area contributed by atoms with Gasteiger partial charge >= 0.3 is 0 Å². The Bertz CT molecular complexity index is 264. The summed E-state index contributed by atoms with van der Waals surface area (Å²) in [6, 6.07) is 0.